The molecule has 3 aromatic carbocycles. The maximum atomic E-state index is 12.4. The summed E-state index contributed by atoms with van der Waals surface area (Å²) in [6.45, 7) is 3.69. The van der Waals surface area contributed by atoms with Crippen molar-refractivity contribution in [2.24, 2.45) is 5.92 Å². The number of halogens is 1. The normalized spacial score (nSPS) is 14.1. The molecule has 0 amide bonds. The zero-order chi connectivity index (χ0) is 35.2. The van der Waals surface area contributed by atoms with Crippen LogP contribution < -0.4 is 9.47 Å². The SMILES string of the molecule is CCOC(=O)C(C)Oc1ccc(Oc2nc3ccc(Cl)cc3o2)cc1.CS(=O)(=O)c1ccc(C(=O)C2C(=O)CCCC2=O)c([N+](=O)[O-])c1. The van der Waals surface area contributed by atoms with Crippen LogP contribution in [0.25, 0.3) is 11.1 Å². The number of ketones is 3. The van der Waals surface area contributed by atoms with Crippen LogP contribution in [-0.4, -0.2) is 60.6 Å². The molecule has 0 spiro atoms. The molecule has 1 saturated carbocycles. The fraction of sp³-hybridized carbons (Fsp3) is 0.281. The van der Waals surface area contributed by atoms with Gasteiger partial charge in [0.1, 0.15) is 22.9 Å². The highest BCUT2D eigenvalue weighted by Gasteiger charge is 2.39. The summed E-state index contributed by atoms with van der Waals surface area (Å²) in [5.41, 5.74) is 0.0356. The first kappa shape index (κ1) is 35.7. The number of aromatic nitrogens is 1. The van der Waals surface area contributed by atoms with Gasteiger partial charge in [-0.1, -0.05) is 11.6 Å². The predicted octanol–water partition coefficient (Wildman–Crippen LogP) is 5.72. The molecule has 1 fully saturated rings. The lowest BCUT2D eigenvalue weighted by molar-refractivity contribution is -0.385. The van der Waals surface area contributed by atoms with Crippen molar-refractivity contribution in [3.63, 3.8) is 0 Å². The molecule has 1 atom stereocenters. The Labute approximate surface area is 279 Å². The molecule has 0 N–H and O–H groups in total. The van der Waals surface area contributed by atoms with Crippen molar-refractivity contribution in [3.05, 3.63) is 81.4 Å². The van der Waals surface area contributed by atoms with Gasteiger partial charge < -0.3 is 18.6 Å². The Morgan fingerprint density at radius 1 is 1.04 bits per heavy atom. The number of hydrogen-bond acceptors (Lipinski definition) is 13. The number of esters is 1. The first-order valence-electron chi connectivity index (χ1n) is 14.4. The lowest BCUT2D eigenvalue weighted by atomic mass is 9.81. The van der Waals surface area contributed by atoms with E-state index in [2.05, 4.69) is 4.98 Å². The molecule has 0 radical (unpaired) electrons. The topological polar surface area (TPSA) is 199 Å². The van der Waals surface area contributed by atoms with Crippen LogP contribution in [0.1, 0.15) is 43.5 Å². The van der Waals surface area contributed by atoms with E-state index in [-0.39, 0.29) is 23.8 Å². The molecule has 14 nitrogen and oxygen atoms in total. The van der Waals surface area contributed by atoms with Gasteiger partial charge in [0.25, 0.3) is 5.69 Å². The number of carbonyl (C=O) groups is 4. The molecule has 0 bridgehead atoms. The maximum Gasteiger partial charge on any atom is 0.400 e. The highest BCUT2D eigenvalue weighted by Crippen LogP contribution is 2.30. The van der Waals surface area contributed by atoms with Crippen molar-refractivity contribution < 1.29 is 51.1 Å². The lowest BCUT2D eigenvalue weighted by Gasteiger charge is -2.18. The zero-order valence-electron chi connectivity index (χ0n) is 25.8. The van der Waals surface area contributed by atoms with Crippen LogP contribution in [0.5, 0.6) is 17.6 Å². The number of ether oxygens (including phenoxy) is 3. The summed E-state index contributed by atoms with van der Waals surface area (Å²) < 4.78 is 44.4. The number of hydrogen-bond donors (Lipinski definition) is 0. The molecule has 0 saturated heterocycles. The van der Waals surface area contributed by atoms with Crippen LogP contribution in [0.2, 0.25) is 5.02 Å². The summed E-state index contributed by atoms with van der Waals surface area (Å²) in [5, 5.41) is 11.7. The molecule has 1 heterocycles. The summed E-state index contributed by atoms with van der Waals surface area (Å²) in [6, 6.07) is 14.7. The van der Waals surface area contributed by atoms with E-state index in [0.29, 0.717) is 40.6 Å². The number of benzene rings is 3. The summed E-state index contributed by atoms with van der Waals surface area (Å²) in [5.74, 6) is -2.97. The van der Waals surface area contributed by atoms with E-state index in [9.17, 15) is 37.7 Å². The van der Waals surface area contributed by atoms with Crippen molar-refractivity contribution in [3.8, 4) is 17.6 Å². The van der Waals surface area contributed by atoms with Crippen molar-refractivity contribution in [1.82, 2.24) is 4.98 Å². The van der Waals surface area contributed by atoms with Crippen LogP contribution in [0, 0.1) is 16.0 Å². The van der Waals surface area contributed by atoms with Crippen LogP contribution >= 0.6 is 11.6 Å². The fourth-order valence-corrected chi connectivity index (χ4v) is 5.38. The lowest BCUT2D eigenvalue weighted by Crippen LogP contribution is -2.35. The first-order valence-corrected chi connectivity index (χ1v) is 16.7. The smallest absolute Gasteiger partial charge is 0.400 e. The molecule has 1 unspecified atom stereocenters. The van der Waals surface area contributed by atoms with Crippen molar-refractivity contribution in [2.45, 2.75) is 44.1 Å². The Balaban J connectivity index is 0.000000218. The van der Waals surface area contributed by atoms with Gasteiger partial charge in [0.2, 0.25) is 0 Å². The zero-order valence-corrected chi connectivity index (χ0v) is 27.4. The predicted molar refractivity (Wildman–Crippen MR) is 170 cm³/mol. The van der Waals surface area contributed by atoms with Gasteiger partial charge >= 0.3 is 12.0 Å². The second-order valence-corrected chi connectivity index (χ2v) is 12.9. The minimum Gasteiger partial charge on any atom is -0.479 e. The number of rotatable bonds is 10. The highest BCUT2D eigenvalue weighted by atomic mass is 35.5. The summed E-state index contributed by atoms with van der Waals surface area (Å²) in [7, 11) is -3.70. The van der Waals surface area contributed by atoms with Crippen LogP contribution in [0.15, 0.2) is 70.0 Å². The van der Waals surface area contributed by atoms with Gasteiger partial charge in [0, 0.05) is 36.3 Å². The number of nitrogens with zero attached hydrogens (tertiary/aromatic N) is 2. The molecular weight excluding hydrogens is 672 g/mol. The minimum atomic E-state index is -3.70. The van der Waals surface area contributed by atoms with Crippen LogP contribution in [-0.2, 0) is 29.0 Å². The van der Waals surface area contributed by atoms with Crippen LogP contribution in [0.4, 0.5) is 5.69 Å². The molecule has 1 aromatic heterocycles. The number of fused-ring (bicyclic) bond motifs is 1. The number of carbonyl (C=O) groups excluding carboxylic acids is 4. The third kappa shape index (κ3) is 8.80. The summed E-state index contributed by atoms with van der Waals surface area (Å²) in [4.78, 5) is 61.8. The van der Waals surface area contributed by atoms with Gasteiger partial charge in [-0.2, -0.15) is 4.98 Å². The van der Waals surface area contributed by atoms with Crippen LogP contribution in [0.3, 0.4) is 0 Å². The second-order valence-electron chi connectivity index (χ2n) is 10.5. The Morgan fingerprint density at radius 2 is 1.69 bits per heavy atom. The first-order chi connectivity index (χ1) is 22.7. The van der Waals surface area contributed by atoms with E-state index in [1.165, 1.54) is 0 Å². The molecule has 1 aliphatic carbocycles. The number of nitro groups is 1. The molecule has 0 aliphatic heterocycles. The third-order valence-electron chi connectivity index (χ3n) is 6.90. The number of nitro benzene ring substituents is 1. The van der Waals surface area contributed by atoms with E-state index in [0.717, 1.165) is 24.5 Å². The monoisotopic (exact) mass is 700 g/mol. The van der Waals surface area contributed by atoms with Gasteiger partial charge in [-0.15, -0.1) is 0 Å². The fourth-order valence-electron chi connectivity index (χ4n) is 4.57. The number of oxazole rings is 1. The minimum absolute atomic E-state index is 0.0668. The average molecular weight is 701 g/mol. The van der Waals surface area contributed by atoms with Gasteiger partial charge in [-0.05, 0) is 68.8 Å². The standard InChI is InChI=1S/C18H16ClNO5.C14H13NO7S/c1-3-22-17(21)11(2)23-13-5-7-14(8-6-13)24-18-20-15-9-4-12(19)10-16(15)25-18;1-23(21,22)8-5-6-9(10(7-8)15(19)20)14(18)13-11(16)3-2-4-12(13)17/h4-11H,3H2,1-2H3;5-7,13H,2-4H2,1H3. The Morgan fingerprint density at radius 3 is 2.29 bits per heavy atom. The van der Waals surface area contributed by atoms with Crippen molar-refractivity contribution in [2.75, 3.05) is 12.9 Å². The van der Waals surface area contributed by atoms with Gasteiger partial charge in [0.05, 0.1) is 22.0 Å². The summed E-state index contributed by atoms with van der Waals surface area (Å²) >= 11 is 5.91. The highest BCUT2D eigenvalue weighted by molar-refractivity contribution is 7.90. The Bertz CT molecular complexity index is 1970. The Kier molecular flexibility index (Phi) is 11.3. The molecule has 5 rings (SSSR count). The van der Waals surface area contributed by atoms with E-state index >= 15 is 0 Å². The van der Waals surface area contributed by atoms with Gasteiger partial charge in [-0.25, -0.2) is 13.2 Å². The average Bonchev–Trinajstić information content (AvgIpc) is 3.42. The van der Waals surface area contributed by atoms with E-state index < -0.39 is 61.4 Å². The number of Topliss-reactive ketones (excluding diaryl/α,β-unsaturated/α-hetero) is 3. The number of sulfone groups is 1. The molecular formula is C32H29ClN2O12S. The molecule has 4 aromatic rings. The van der Waals surface area contributed by atoms with E-state index in [1.807, 2.05) is 0 Å². The third-order valence-corrected chi connectivity index (χ3v) is 8.25. The van der Waals surface area contributed by atoms with Crippen molar-refractivity contribution >= 4 is 61.5 Å². The van der Waals surface area contributed by atoms with E-state index in [4.69, 9.17) is 30.2 Å². The van der Waals surface area contributed by atoms with Crippen molar-refractivity contribution in [1.29, 1.82) is 0 Å². The molecule has 1 aliphatic rings. The largest absolute Gasteiger partial charge is 0.479 e. The van der Waals surface area contributed by atoms with Gasteiger partial charge in [0.15, 0.2) is 38.9 Å². The van der Waals surface area contributed by atoms with E-state index in [1.54, 1.807) is 56.3 Å². The maximum absolute atomic E-state index is 12.4. The Hall–Kier alpha value is -5.15. The quantitative estimate of drug-likeness (QED) is 0.0640. The molecule has 16 heteroatoms. The second kappa shape index (κ2) is 15.2. The van der Waals surface area contributed by atoms with Gasteiger partial charge in [-0.3, -0.25) is 24.5 Å². The molecule has 48 heavy (non-hydrogen) atoms. The molecule has 252 valence electrons. The summed E-state index contributed by atoms with van der Waals surface area (Å²) in [6.07, 6.45) is 0.798.